The lowest BCUT2D eigenvalue weighted by Gasteiger charge is -2.30. The average Bonchev–Trinajstić information content (AvgIpc) is 2.75. The maximum Gasteiger partial charge on any atom is 0.341 e. The normalized spacial score (nSPS) is 11.9. The van der Waals surface area contributed by atoms with Crippen LogP contribution in [-0.4, -0.2) is 48.3 Å². The highest BCUT2D eigenvalue weighted by molar-refractivity contribution is 6.02. The second-order valence-corrected chi connectivity index (χ2v) is 8.39. The minimum Gasteiger partial charge on any atom is -0.507 e. The van der Waals surface area contributed by atoms with Crippen molar-refractivity contribution in [2.75, 3.05) is 31.2 Å². The molecule has 0 saturated heterocycles. The largest absolute Gasteiger partial charge is 0.507 e. The third-order valence-corrected chi connectivity index (χ3v) is 5.20. The summed E-state index contributed by atoms with van der Waals surface area (Å²) in [5.74, 6) is -0.494. The number of phenols is 1. The summed E-state index contributed by atoms with van der Waals surface area (Å²) >= 11 is 0. The second kappa shape index (κ2) is 10.9. The summed E-state index contributed by atoms with van der Waals surface area (Å²) in [4.78, 5) is 14.1. The Kier molecular flexibility index (Phi) is 8.52. The van der Waals surface area contributed by atoms with Crippen molar-refractivity contribution in [3.63, 3.8) is 0 Å². The fourth-order valence-corrected chi connectivity index (χ4v) is 3.46. The van der Waals surface area contributed by atoms with Gasteiger partial charge in [0, 0.05) is 30.4 Å². The zero-order chi connectivity index (χ0) is 23.9. The molecule has 0 aromatic heterocycles. The van der Waals surface area contributed by atoms with Crippen molar-refractivity contribution in [1.82, 2.24) is 0 Å². The Balaban J connectivity index is 2.26. The van der Waals surface area contributed by atoms with Gasteiger partial charge in [-0.3, -0.25) is 0 Å². The minimum atomic E-state index is -0.600. The van der Waals surface area contributed by atoms with Crippen LogP contribution in [0.2, 0.25) is 0 Å². The van der Waals surface area contributed by atoms with Gasteiger partial charge in [-0.25, -0.2) is 4.79 Å². The van der Waals surface area contributed by atoms with Crippen LogP contribution in [0, 0.1) is 0 Å². The maximum atomic E-state index is 11.8. The van der Waals surface area contributed by atoms with Gasteiger partial charge in [0.05, 0.1) is 6.61 Å². The summed E-state index contributed by atoms with van der Waals surface area (Å²) in [5.41, 5.74) is 3.37. The molecule has 7 heteroatoms. The number of oxime groups is 1. The number of carbonyl (C=O) groups excluding carboxylic acids is 1. The number of esters is 1. The predicted molar refractivity (Wildman–Crippen MR) is 127 cm³/mol. The molecule has 0 heterocycles. The molecule has 0 saturated carbocycles. The first kappa shape index (κ1) is 25.0. The first-order valence-corrected chi connectivity index (χ1v) is 10.9. The molecule has 0 bridgehead atoms. The molecule has 2 aromatic carbocycles. The van der Waals surface area contributed by atoms with Crippen LogP contribution < -0.4 is 9.64 Å². The van der Waals surface area contributed by atoms with Crippen molar-refractivity contribution in [2.24, 2.45) is 5.16 Å². The summed E-state index contributed by atoms with van der Waals surface area (Å²) in [7, 11) is 0. The van der Waals surface area contributed by atoms with E-state index in [4.69, 9.17) is 9.47 Å². The summed E-state index contributed by atoms with van der Waals surface area (Å²) in [5, 5.41) is 23.2. The number of hydrogen-bond donors (Lipinski definition) is 2. The number of aromatic hydroxyl groups is 1. The number of rotatable bonds is 9. The van der Waals surface area contributed by atoms with E-state index in [1.54, 1.807) is 13.0 Å². The standard InChI is InChI=1S/C25H34N2O5/c1-7-27(8-2)22-13-10-17(14-20(22)25(4,5)6)21(26-30)16-32-18-11-12-19(23(28)15-18)24(29)31-9-3/h10-15,28,30H,7-9,16H2,1-6H3/b26-21-. The Labute approximate surface area is 190 Å². The minimum absolute atomic E-state index is 0.0110. The van der Waals surface area contributed by atoms with Crippen LogP contribution in [-0.2, 0) is 10.2 Å². The van der Waals surface area contributed by atoms with Gasteiger partial charge in [0.1, 0.15) is 29.4 Å². The molecule has 2 rings (SSSR count). The van der Waals surface area contributed by atoms with Crippen LogP contribution in [0.5, 0.6) is 11.5 Å². The third-order valence-electron chi connectivity index (χ3n) is 5.20. The molecule has 0 fully saturated rings. The van der Waals surface area contributed by atoms with Crippen molar-refractivity contribution in [2.45, 2.75) is 47.0 Å². The van der Waals surface area contributed by atoms with E-state index in [9.17, 15) is 15.1 Å². The topological polar surface area (TPSA) is 91.6 Å². The highest BCUT2D eigenvalue weighted by Gasteiger charge is 2.22. The molecule has 2 N–H and O–H groups in total. The summed E-state index contributed by atoms with van der Waals surface area (Å²) in [6.07, 6.45) is 0. The van der Waals surface area contributed by atoms with E-state index in [0.29, 0.717) is 11.5 Å². The molecule has 0 amide bonds. The second-order valence-electron chi connectivity index (χ2n) is 8.39. The average molecular weight is 443 g/mol. The van der Waals surface area contributed by atoms with E-state index in [2.05, 4.69) is 44.7 Å². The molecular formula is C25H34N2O5. The van der Waals surface area contributed by atoms with Crippen molar-refractivity contribution in [3.8, 4) is 11.5 Å². The van der Waals surface area contributed by atoms with Gasteiger partial charge in [-0.05, 0) is 56.0 Å². The number of ether oxygens (including phenoxy) is 2. The predicted octanol–water partition coefficient (Wildman–Crippen LogP) is 4.97. The summed E-state index contributed by atoms with van der Waals surface area (Å²) in [6.45, 7) is 14.4. The number of anilines is 1. The van der Waals surface area contributed by atoms with Crippen LogP contribution >= 0.6 is 0 Å². The summed E-state index contributed by atoms with van der Waals surface area (Å²) < 4.78 is 10.6. The van der Waals surface area contributed by atoms with Crippen molar-refractivity contribution < 1.29 is 24.6 Å². The Morgan fingerprint density at radius 1 is 1.06 bits per heavy atom. The van der Waals surface area contributed by atoms with Gasteiger partial charge in [-0.1, -0.05) is 32.0 Å². The third kappa shape index (κ3) is 5.93. The van der Waals surface area contributed by atoms with E-state index >= 15 is 0 Å². The van der Waals surface area contributed by atoms with E-state index < -0.39 is 5.97 Å². The van der Waals surface area contributed by atoms with Crippen LogP contribution in [0.25, 0.3) is 0 Å². The van der Waals surface area contributed by atoms with Crippen LogP contribution in [0.15, 0.2) is 41.6 Å². The zero-order valence-corrected chi connectivity index (χ0v) is 19.8. The molecule has 7 nitrogen and oxygen atoms in total. The number of benzene rings is 2. The van der Waals surface area contributed by atoms with Crippen LogP contribution in [0.1, 0.15) is 63.0 Å². The van der Waals surface area contributed by atoms with Crippen LogP contribution in [0.4, 0.5) is 5.69 Å². The SMILES string of the molecule is CCOC(=O)c1ccc(OC/C(=N/O)c2ccc(N(CC)CC)c(C(C)(C)C)c2)cc1O. The number of phenolic OH excluding ortho intramolecular Hbond substituents is 1. The lowest BCUT2D eigenvalue weighted by Crippen LogP contribution is -2.27. The molecule has 32 heavy (non-hydrogen) atoms. The van der Waals surface area contributed by atoms with Gasteiger partial charge in [-0.15, -0.1) is 0 Å². The first-order chi connectivity index (χ1) is 15.2. The number of hydrogen-bond acceptors (Lipinski definition) is 7. The molecular weight excluding hydrogens is 408 g/mol. The first-order valence-electron chi connectivity index (χ1n) is 10.9. The van der Waals surface area contributed by atoms with E-state index in [1.165, 1.54) is 12.1 Å². The molecule has 0 atom stereocenters. The Bertz CT molecular complexity index is 959. The number of carbonyl (C=O) groups is 1. The van der Waals surface area contributed by atoms with Crippen LogP contribution in [0.3, 0.4) is 0 Å². The fourth-order valence-electron chi connectivity index (χ4n) is 3.46. The highest BCUT2D eigenvalue weighted by Crippen LogP contribution is 2.33. The molecule has 0 aliphatic heterocycles. The smallest absolute Gasteiger partial charge is 0.341 e. The fraction of sp³-hybridized carbons (Fsp3) is 0.440. The van der Waals surface area contributed by atoms with Gasteiger partial charge in [0.15, 0.2) is 0 Å². The Morgan fingerprint density at radius 3 is 2.28 bits per heavy atom. The molecule has 0 radical (unpaired) electrons. The maximum absolute atomic E-state index is 11.8. The molecule has 0 aliphatic carbocycles. The molecule has 0 unspecified atom stereocenters. The van der Waals surface area contributed by atoms with E-state index in [-0.39, 0.29) is 29.9 Å². The quantitative estimate of drug-likeness (QED) is 0.247. The van der Waals surface area contributed by atoms with Crippen molar-refractivity contribution in [3.05, 3.63) is 53.1 Å². The molecule has 0 aliphatic rings. The zero-order valence-electron chi connectivity index (χ0n) is 19.8. The molecule has 2 aromatic rings. The lowest BCUT2D eigenvalue weighted by atomic mass is 9.84. The Morgan fingerprint density at radius 2 is 1.75 bits per heavy atom. The van der Waals surface area contributed by atoms with E-state index in [0.717, 1.165) is 29.9 Å². The summed E-state index contributed by atoms with van der Waals surface area (Å²) in [6, 6.07) is 10.3. The molecule has 174 valence electrons. The van der Waals surface area contributed by atoms with Gasteiger partial charge in [0.2, 0.25) is 0 Å². The number of nitrogens with zero attached hydrogens (tertiary/aromatic N) is 2. The van der Waals surface area contributed by atoms with Crippen molar-refractivity contribution >= 4 is 17.4 Å². The van der Waals surface area contributed by atoms with Gasteiger partial charge < -0.3 is 24.7 Å². The lowest BCUT2D eigenvalue weighted by molar-refractivity contribution is 0.0523. The van der Waals surface area contributed by atoms with Gasteiger partial charge >= 0.3 is 5.97 Å². The van der Waals surface area contributed by atoms with Gasteiger partial charge in [0.25, 0.3) is 0 Å². The van der Waals surface area contributed by atoms with Crippen molar-refractivity contribution in [1.29, 1.82) is 0 Å². The monoisotopic (exact) mass is 442 g/mol. The molecule has 0 spiro atoms. The Hall–Kier alpha value is -3.22. The van der Waals surface area contributed by atoms with Gasteiger partial charge in [-0.2, -0.15) is 0 Å². The van der Waals surface area contributed by atoms with E-state index in [1.807, 2.05) is 18.2 Å². The highest BCUT2D eigenvalue weighted by atomic mass is 16.5.